The van der Waals surface area contributed by atoms with Crippen molar-refractivity contribution in [2.45, 2.75) is 39.7 Å². The van der Waals surface area contributed by atoms with Gasteiger partial charge in [-0.3, -0.25) is 4.98 Å². The van der Waals surface area contributed by atoms with E-state index in [4.69, 9.17) is 10.4 Å². The second-order valence-electron chi connectivity index (χ2n) is 7.15. The summed E-state index contributed by atoms with van der Waals surface area (Å²) in [5.41, 5.74) is 9.80. The van der Waals surface area contributed by atoms with Crippen molar-refractivity contribution in [2.24, 2.45) is 10.5 Å². The highest BCUT2D eigenvalue weighted by Gasteiger charge is 2.30. The SMILES string of the molecule is CC(C)(C)C(=O)ON1CCCC(n2c(N=[N+]=[N-])nc3ccncc32)C1. The molecule has 1 aliphatic rings. The fourth-order valence-corrected chi connectivity index (χ4v) is 2.87. The second-order valence-corrected chi connectivity index (χ2v) is 7.15. The van der Waals surface area contributed by atoms with Crippen molar-refractivity contribution < 1.29 is 9.63 Å². The summed E-state index contributed by atoms with van der Waals surface area (Å²) < 4.78 is 1.89. The van der Waals surface area contributed by atoms with E-state index in [1.54, 1.807) is 23.5 Å². The predicted octanol–water partition coefficient (Wildman–Crippen LogP) is 3.51. The summed E-state index contributed by atoms with van der Waals surface area (Å²) in [7, 11) is 0. The van der Waals surface area contributed by atoms with Crippen LogP contribution in [0.4, 0.5) is 5.95 Å². The summed E-state index contributed by atoms with van der Waals surface area (Å²) in [6, 6.07) is 1.76. The summed E-state index contributed by atoms with van der Waals surface area (Å²) in [6.45, 7) is 6.67. The molecule has 0 bridgehead atoms. The van der Waals surface area contributed by atoms with Crippen LogP contribution in [0.3, 0.4) is 0 Å². The van der Waals surface area contributed by atoms with Crippen LogP contribution in [0.25, 0.3) is 21.5 Å². The van der Waals surface area contributed by atoms with Gasteiger partial charge in [-0.25, -0.2) is 9.78 Å². The minimum atomic E-state index is -0.561. The molecule has 2 aromatic rings. The van der Waals surface area contributed by atoms with Crippen LogP contribution in [0.2, 0.25) is 0 Å². The zero-order valence-corrected chi connectivity index (χ0v) is 14.6. The summed E-state index contributed by atoms with van der Waals surface area (Å²) in [5, 5.41) is 5.41. The van der Waals surface area contributed by atoms with Crippen LogP contribution in [0.15, 0.2) is 23.6 Å². The minimum Gasteiger partial charge on any atom is -0.367 e. The average Bonchev–Trinajstić information content (AvgIpc) is 2.92. The number of pyridine rings is 1. The first-order chi connectivity index (χ1) is 11.9. The zero-order valence-electron chi connectivity index (χ0n) is 14.6. The maximum Gasteiger partial charge on any atom is 0.330 e. The normalized spacial score (nSPS) is 18.8. The van der Waals surface area contributed by atoms with Crippen LogP contribution in [0.1, 0.15) is 39.7 Å². The van der Waals surface area contributed by atoms with Gasteiger partial charge in [-0.15, -0.1) is 5.06 Å². The first kappa shape index (κ1) is 17.2. The molecule has 1 fully saturated rings. The van der Waals surface area contributed by atoms with Crippen LogP contribution in [-0.2, 0) is 9.63 Å². The molecular weight excluding hydrogens is 322 g/mol. The average molecular weight is 343 g/mol. The number of carbonyl (C=O) groups excluding carboxylic acids is 1. The lowest BCUT2D eigenvalue weighted by atomic mass is 9.98. The summed E-state index contributed by atoms with van der Waals surface area (Å²) >= 11 is 0. The molecule has 9 heteroatoms. The Labute approximate surface area is 145 Å². The number of hydrogen-bond acceptors (Lipinski definition) is 6. The van der Waals surface area contributed by atoms with E-state index >= 15 is 0 Å². The van der Waals surface area contributed by atoms with Gasteiger partial charge in [0, 0.05) is 17.7 Å². The van der Waals surface area contributed by atoms with E-state index in [-0.39, 0.29) is 12.0 Å². The van der Waals surface area contributed by atoms with Crippen LogP contribution < -0.4 is 0 Å². The van der Waals surface area contributed by atoms with Gasteiger partial charge >= 0.3 is 5.97 Å². The lowest BCUT2D eigenvalue weighted by molar-refractivity contribution is -0.206. The van der Waals surface area contributed by atoms with Crippen LogP contribution >= 0.6 is 0 Å². The smallest absolute Gasteiger partial charge is 0.330 e. The third-order valence-corrected chi connectivity index (χ3v) is 4.16. The maximum atomic E-state index is 12.1. The van der Waals surface area contributed by atoms with Gasteiger partial charge in [-0.2, -0.15) is 0 Å². The van der Waals surface area contributed by atoms with Crippen LogP contribution in [-0.4, -0.2) is 38.7 Å². The number of imidazole rings is 1. The van der Waals surface area contributed by atoms with Gasteiger partial charge < -0.3 is 9.40 Å². The van der Waals surface area contributed by atoms with E-state index in [2.05, 4.69) is 20.0 Å². The fraction of sp³-hybridized carbons (Fsp3) is 0.562. The standard InChI is InChI=1S/C16H21N7O2/c1-16(2,3)14(24)25-22-8-4-5-11(10-22)23-13-9-18-7-6-12(13)19-15(23)20-21-17/h6-7,9,11H,4-5,8,10H2,1-3H3. The number of azide groups is 1. The number of piperidine rings is 1. The number of fused-ring (bicyclic) bond motifs is 1. The van der Waals surface area contributed by atoms with Gasteiger partial charge in [0.05, 0.1) is 35.2 Å². The quantitative estimate of drug-likeness (QED) is 0.481. The third-order valence-electron chi connectivity index (χ3n) is 4.16. The Morgan fingerprint density at radius 1 is 1.48 bits per heavy atom. The van der Waals surface area contributed by atoms with Gasteiger partial charge in [0.25, 0.3) is 0 Å². The van der Waals surface area contributed by atoms with E-state index < -0.39 is 5.41 Å². The van der Waals surface area contributed by atoms with Crippen molar-refractivity contribution in [3.63, 3.8) is 0 Å². The van der Waals surface area contributed by atoms with Crippen molar-refractivity contribution in [3.05, 3.63) is 28.9 Å². The Kier molecular flexibility index (Phi) is 4.61. The Morgan fingerprint density at radius 3 is 3.00 bits per heavy atom. The molecule has 0 aliphatic carbocycles. The van der Waals surface area contributed by atoms with Gasteiger partial charge in [-0.05, 0) is 50.3 Å². The number of aromatic nitrogens is 3. The highest BCUT2D eigenvalue weighted by molar-refractivity contribution is 5.77. The molecule has 0 N–H and O–H groups in total. The first-order valence-electron chi connectivity index (χ1n) is 8.24. The monoisotopic (exact) mass is 343 g/mol. The topological polar surface area (TPSA) is 109 Å². The lowest BCUT2D eigenvalue weighted by Crippen LogP contribution is -2.40. The van der Waals surface area contributed by atoms with E-state index in [0.717, 1.165) is 23.9 Å². The first-order valence-corrected chi connectivity index (χ1v) is 8.24. The van der Waals surface area contributed by atoms with Gasteiger partial charge in [0.2, 0.25) is 0 Å². The highest BCUT2D eigenvalue weighted by Crippen LogP contribution is 2.31. The summed E-state index contributed by atoms with van der Waals surface area (Å²) in [4.78, 5) is 29.1. The maximum absolute atomic E-state index is 12.1. The molecule has 3 rings (SSSR count). The van der Waals surface area contributed by atoms with E-state index in [9.17, 15) is 4.79 Å². The van der Waals surface area contributed by atoms with E-state index in [1.165, 1.54) is 0 Å². The van der Waals surface area contributed by atoms with E-state index in [1.807, 2.05) is 25.3 Å². The molecule has 25 heavy (non-hydrogen) atoms. The van der Waals surface area contributed by atoms with Crippen molar-refractivity contribution in [1.29, 1.82) is 0 Å². The van der Waals surface area contributed by atoms with Gasteiger partial charge in [-0.1, -0.05) is 0 Å². The molecule has 9 nitrogen and oxygen atoms in total. The largest absolute Gasteiger partial charge is 0.367 e. The molecule has 1 unspecified atom stereocenters. The number of rotatable bonds is 3. The second kappa shape index (κ2) is 6.70. The molecule has 0 amide bonds. The van der Waals surface area contributed by atoms with Crippen molar-refractivity contribution in [1.82, 2.24) is 19.6 Å². The summed E-state index contributed by atoms with van der Waals surface area (Å²) in [5.74, 6) is 0.0417. The lowest BCUT2D eigenvalue weighted by Gasteiger charge is -2.33. The molecule has 2 aromatic heterocycles. The number of hydrogen-bond donors (Lipinski definition) is 0. The van der Waals surface area contributed by atoms with Crippen LogP contribution in [0.5, 0.6) is 0 Å². The van der Waals surface area contributed by atoms with Crippen molar-refractivity contribution in [3.8, 4) is 0 Å². The molecular formula is C16H21N7O2. The third kappa shape index (κ3) is 3.57. The van der Waals surface area contributed by atoms with Gasteiger partial charge in [0.15, 0.2) is 5.95 Å². The zero-order chi connectivity index (χ0) is 18.0. The molecule has 0 spiro atoms. The predicted molar refractivity (Wildman–Crippen MR) is 91.7 cm³/mol. The minimum absolute atomic E-state index is 0.0174. The number of nitrogens with zero attached hydrogens (tertiary/aromatic N) is 7. The van der Waals surface area contributed by atoms with Crippen molar-refractivity contribution >= 4 is 23.0 Å². The number of hydroxylamine groups is 2. The Hall–Kier alpha value is -2.64. The molecule has 1 atom stereocenters. The highest BCUT2D eigenvalue weighted by atomic mass is 16.7. The molecule has 132 valence electrons. The number of carbonyl (C=O) groups is 1. The molecule has 1 aliphatic heterocycles. The summed E-state index contributed by atoms with van der Waals surface area (Å²) in [6.07, 6.45) is 5.09. The van der Waals surface area contributed by atoms with Crippen LogP contribution in [0, 0.1) is 5.41 Å². The Bertz CT molecular complexity index is 833. The van der Waals surface area contributed by atoms with Gasteiger partial charge in [0.1, 0.15) is 0 Å². The fourth-order valence-electron chi connectivity index (χ4n) is 2.87. The molecule has 1 saturated heterocycles. The van der Waals surface area contributed by atoms with Crippen molar-refractivity contribution in [2.75, 3.05) is 13.1 Å². The molecule has 0 saturated carbocycles. The van der Waals surface area contributed by atoms with E-state index in [0.29, 0.717) is 19.0 Å². The molecule has 3 heterocycles. The molecule has 0 aromatic carbocycles. The molecule has 0 radical (unpaired) electrons. The Morgan fingerprint density at radius 2 is 2.28 bits per heavy atom. The Balaban J connectivity index is 1.89.